The lowest BCUT2D eigenvalue weighted by Crippen LogP contribution is -2.58. The van der Waals surface area contributed by atoms with Gasteiger partial charge >= 0.3 is 0 Å². The van der Waals surface area contributed by atoms with Crippen LogP contribution in [0.15, 0.2) is 39.5 Å². The second-order valence-electron chi connectivity index (χ2n) is 10.0. The summed E-state index contributed by atoms with van der Waals surface area (Å²) in [4.78, 5) is 13.8. The molecule has 1 aromatic heterocycles. The number of hydrogen-bond donors (Lipinski definition) is 6. The molecule has 1 saturated heterocycles. The topological polar surface area (TPSA) is 179 Å². The molecule has 3 aromatic rings. The highest BCUT2D eigenvalue weighted by Crippen LogP contribution is 2.40. The lowest BCUT2D eigenvalue weighted by Gasteiger charge is -2.38. The van der Waals surface area contributed by atoms with Crippen LogP contribution in [0.25, 0.3) is 22.3 Å². The molecular weight excluding hydrogens is 500 g/mol. The first-order valence-corrected chi connectivity index (χ1v) is 12.1. The van der Waals surface area contributed by atoms with E-state index in [0.717, 1.165) is 6.07 Å². The summed E-state index contributed by atoms with van der Waals surface area (Å²) in [7, 11) is 1.49. The molecular formula is C27H32O11. The van der Waals surface area contributed by atoms with Crippen molar-refractivity contribution in [3.05, 3.63) is 46.1 Å². The molecule has 38 heavy (non-hydrogen) atoms. The van der Waals surface area contributed by atoms with Crippen LogP contribution in [0.1, 0.15) is 32.8 Å². The predicted molar refractivity (Wildman–Crippen MR) is 135 cm³/mol. The second-order valence-corrected chi connectivity index (χ2v) is 10.0. The number of aromatic hydroxyl groups is 2. The van der Waals surface area contributed by atoms with E-state index >= 15 is 0 Å². The van der Waals surface area contributed by atoms with Crippen molar-refractivity contribution in [2.24, 2.45) is 0 Å². The van der Waals surface area contributed by atoms with Crippen LogP contribution in [0.5, 0.6) is 23.0 Å². The highest BCUT2D eigenvalue weighted by molar-refractivity contribution is 5.91. The van der Waals surface area contributed by atoms with Crippen LogP contribution >= 0.6 is 0 Å². The number of fused-ring (bicyclic) bond motifs is 1. The summed E-state index contributed by atoms with van der Waals surface area (Å²) >= 11 is 0. The van der Waals surface area contributed by atoms with Gasteiger partial charge in [-0.2, -0.15) is 0 Å². The molecule has 2 aromatic carbocycles. The van der Waals surface area contributed by atoms with E-state index < -0.39 is 53.2 Å². The van der Waals surface area contributed by atoms with Gasteiger partial charge in [-0.15, -0.1) is 0 Å². The van der Waals surface area contributed by atoms with Crippen molar-refractivity contribution in [3.63, 3.8) is 0 Å². The number of hydrogen-bond acceptors (Lipinski definition) is 11. The van der Waals surface area contributed by atoms with Crippen LogP contribution in [-0.2, 0) is 11.2 Å². The zero-order valence-corrected chi connectivity index (χ0v) is 21.4. The smallest absolute Gasteiger partial charge is 0.239 e. The Morgan fingerprint density at radius 1 is 1.00 bits per heavy atom. The third-order valence-corrected chi connectivity index (χ3v) is 6.56. The summed E-state index contributed by atoms with van der Waals surface area (Å²) < 4.78 is 22.6. The highest BCUT2D eigenvalue weighted by atomic mass is 16.7. The predicted octanol–water partition coefficient (Wildman–Crippen LogP) is 1.79. The molecule has 0 unspecified atom stereocenters. The molecule has 0 radical (unpaired) electrons. The van der Waals surface area contributed by atoms with Gasteiger partial charge < -0.3 is 49.3 Å². The molecule has 0 aliphatic carbocycles. The summed E-state index contributed by atoms with van der Waals surface area (Å²) in [6, 6.07) is 7.42. The van der Waals surface area contributed by atoms with Gasteiger partial charge in [0.05, 0.1) is 18.8 Å². The number of aryl methyl sites for hydroxylation is 1. The van der Waals surface area contributed by atoms with Gasteiger partial charge in [0.15, 0.2) is 5.76 Å². The molecule has 1 aliphatic heterocycles. The van der Waals surface area contributed by atoms with E-state index in [1.165, 1.54) is 14.0 Å². The third kappa shape index (κ3) is 5.29. The number of phenols is 2. The normalized spacial score (nSPS) is 23.9. The summed E-state index contributed by atoms with van der Waals surface area (Å²) in [5, 5.41) is 61.9. The molecule has 11 nitrogen and oxygen atoms in total. The Balaban J connectivity index is 1.94. The van der Waals surface area contributed by atoms with Crippen molar-refractivity contribution in [2.45, 2.75) is 69.9 Å². The SMILES string of the molecule is COc1ccc(-c2oc3c(CCC(C)(C)O)c(O)cc(O)c3c(=O)c2O[C@H]2O[C@@H](C)[C@@H](O)[C@H](O)[C@@H]2O)cc1. The lowest BCUT2D eigenvalue weighted by atomic mass is 9.96. The molecule has 1 aliphatic rings. The van der Waals surface area contributed by atoms with E-state index in [0.29, 0.717) is 11.3 Å². The summed E-state index contributed by atoms with van der Waals surface area (Å²) in [5.74, 6) is -0.912. The van der Waals surface area contributed by atoms with Crippen molar-refractivity contribution < 1.29 is 49.3 Å². The molecule has 2 heterocycles. The Morgan fingerprint density at radius 3 is 2.26 bits per heavy atom. The number of ether oxygens (including phenoxy) is 3. The summed E-state index contributed by atoms with van der Waals surface area (Å²) in [6.45, 7) is 4.66. The van der Waals surface area contributed by atoms with Crippen molar-refractivity contribution in [1.29, 1.82) is 0 Å². The maximum absolute atomic E-state index is 13.8. The Bertz CT molecular complexity index is 1360. The van der Waals surface area contributed by atoms with Gasteiger partial charge in [0.2, 0.25) is 17.5 Å². The molecule has 5 atom stereocenters. The Kier molecular flexibility index (Phi) is 7.60. The standard InChI is InChI=1S/C27H32O11/c1-12-19(30)21(32)22(33)26(36-12)38-25-20(31)18-17(29)11-16(28)15(9-10-27(2,3)34)24(18)37-23(25)13-5-7-14(35-4)8-6-13/h5-8,11-12,19,21-22,26,28-30,32-34H,9-10H2,1-4H3/t12-,19+,21-,22-,26+/m0/s1. The number of methoxy groups -OCH3 is 1. The van der Waals surface area contributed by atoms with E-state index in [9.17, 15) is 35.4 Å². The van der Waals surface area contributed by atoms with Gasteiger partial charge in [-0.25, -0.2) is 0 Å². The van der Waals surface area contributed by atoms with Crippen LogP contribution in [0.2, 0.25) is 0 Å². The number of aliphatic hydroxyl groups is 4. The van der Waals surface area contributed by atoms with Gasteiger partial charge in [-0.05, 0) is 57.9 Å². The third-order valence-electron chi connectivity index (χ3n) is 6.56. The Morgan fingerprint density at radius 2 is 1.66 bits per heavy atom. The van der Waals surface area contributed by atoms with Crippen molar-refractivity contribution in [2.75, 3.05) is 7.11 Å². The molecule has 11 heteroatoms. The van der Waals surface area contributed by atoms with Gasteiger partial charge in [0.25, 0.3) is 0 Å². The quantitative estimate of drug-likeness (QED) is 0.261. The van der Waals surface area contributed by atoms with Gasteiger partial charge in [-0.1, -0.05) is 0 Å². The van der Waals surface area contributed by atoms with Gasteiger partial charge in [0, 0.05) is 17.2 Å². The number of benzene rings is 2. The van der Waals surface area contributed by atoms with Crippen LogP contribution in [0.4, 0.5) is 0 Å². The monoisotopic (exact) mass is 532 g/mol. The fourth-order valence-electron chi connectivity index (χ4n) is 4.31. The van der Waals surface area contributed by atoms with E-state index in [1.54, 1.807) is 38.1 Å². The Hall–Kier alpha value is -3.35. The first kappa shape index (κ1) is 27.7. The summed E-state index contributed by atoms with van der Waals surface area (Å²) in [5.41, 5.74) is -1.48. The molecule has 6 N–H and O–H groups in total. The average Bonchev–Trinajstić information content (AvgIpc) is 2.86. The van der Waals surface area contributed by atoms with Crippen LogP contribution < -0.4 is 14.9 Å². The fourth-order valence-corrected chi connectivity index (χ4v) is 4.31. The largest absolute Gasteiger partial charge is 0.507 e. The molecule has 0 spiro atoms. The molecule has 0 saturated carbocycles. The average molecular weight is 533 g/mol. The molecule has 0 amide bonds. The highest BCUT2D eigenvalue weighted by Gasteiger charge is 2.44. The number of aliphatic hydroxyl groups excluding tert-OH is 3. The van der Waals surface area contributed by atoms with Crippen LogP contribution in [0, 0.1) is 0 Å². The van der Waals surface area contributed by atoms with Crippen molar-refractivity contribution in [1.82, 2.24) is 0 Å². The minimum atomic E-state index is -1.71. The number of phenolic OH excluding ortho intramolecular Hbond substituents is 2. The van der Waals surface area contributed by atoms with E-state index in [4.69, 9.17) is 18.6 Å². The zero-order chi connectivity index (χ0) is 27.9. The van der Waals surface area contributed by atoms with E-state index in [1.807, 2.05) is 0 Å². The minimum Gasteiger partial charge on any atom is -0.507 e. The Labute approximate surface area is 218 Å². The van der Waals surface area contributed by atoms with Crippen LogP contribution in [0.3, 0.4) is 0 Å². The molecule has 1 fully saturated rings. The minimum absolute atomic E-state index is 0.108. The van der Waals surface area contributed by atoms with Crippen molar-refractivity contribution in [3.8, 4) is 34.3 Å². The zero-order valence-electron chi connectivity index (χ0n) is 21.4. The van der Waals surface area contributed by atoms with E-state index in [2.05, 4.69) is 0 Å². The fraction of sp³-hybridized carbons (Fsp3) is 0.444. The maximum Gasteiger partial charge on any atom is 0.239 e. The maximum atomic E-state index is 13.8. The molecule has 4 rings (SSSR count). The lowest BCUT2D eigenvalue weighted by molar-refractivity contribution is -0.268. The van der Waals surface area contributed by atoms with E-state index in [-0.39, 0.29) is 40.9 Å². The van der Waals surface area contributed by atoms with Gasteiger partial charge in [-0.3, -0.25) is 4.79 Å². The van der Waals surface area contributed by atoms with Gasteiger partial charge in [0.1, 0.15) is 46.5 Å². The molecule has 0 bridgehead atoms. The first-order valence-electron chi connectivity index (χ1n) is 12.1. The second kappa shape index (κ2) is 10.4. The van der Waals surface area contributed by atoms with Crippen LogP contribution in [-0.4, -0.2) is 74.1 Å². The first-order chi connectivity index (χ1) is 17.8. The van der Waals surface area contributed by atoms with Crippen molar-refractivity contribution >= 4 is 11.0 Å². The molecule has 206 valence electrons. The number of rotatable bonds is 7. The summed E-state index contributed by atoms with van der Waals surface area (Å²) in [6.07, 6.45) is -6.88.